The molecule has 0 unspecified atom stereocenters. The third-order valence-corrected chi connectivity index (χ3v) is 3.65. The van der Waals surface area contributed by atoms with Gasteiger partial charge in [-0.05, 0) is 48.0 Å². The molecular weight excluding hydrogens is 363 g/mol. The average molecular weight is 380 g/mol. The second-order valence-electron chi connectivity index (χ2n) is 5.86. The van der Waals surface area contributed by atoms with Crippen LogP contribution in [0.4, 0.5) is 10.1 Å². The van der Waals surface area contributed by atoms with E-state index in [0.29, 0.717) is 22.7 Å². The fraction of sp³-hybridized carbons (Fsp3) is 0.0500. The Balaban J connectivity index is 1.56. The molecule has 0 aliphatic carbocycles. The Labute approximate surface area is 160 Å². The normalized spacial score (nSPS) is 10.2. The van der Waals surface area contributed by atoms with Gasteiger partial charge in [-0.1, -0.05) is 12.1 Å². The maximum Gasteiger partial charge on any atom is 0.288 e. The van der Waals surface area contributed by atoms with E-state index in [1.165, 1.54) is 30.5 Å². The van der Waals surface area contributed by atoms with Gasteiger partial charge in [0.2, 0.25) is 5.91 Å². The molecule has 0 bridgehead atoms. The van der Waals surface area contributed by atoms with Crippen molar-refractivity contribution in [2.24, 2.45) is 0 Å². The van der Waals surface area contributed by atoms with Crippen molar-refractivity contribution in [1.29, 1.82) is 0 Å². The third-order valence-electron chi connectivity index (χ3n) is 3.65. The predicted octanol–water partition coefficient (Wildman–Crippen LogP) is 2.60. The summed E-state index contributed by atoms with van der Waals surface area (Å²) in [5.41, 5.74) is 11.3. The fourth-order valence-corrected chi connectivity index (χ4v) is 2.34. The first-order chi connectivity index (χ1) is 13.5. The van der Waals surface area contributed by atoms with Crippen molar-refractivity contribution < 1.29 is 18.7 Å². The summed E-state index contributed by atoms with van der Waals surface area (Å²) in [6.07, 6.45) is 1.34. The van der Waals surface area contributed by atoms with Crippen LogP contribution in [0.1, 0.15) is 16.1 Å². The van der Waals surface area contributed by atoms with Crippen molar-refractivity contribution in [1.82, 2.24) is 15.8 Å². The summed E-state index contributed by atoms with van der Waals surface area (Å²) >= 11 is 0. The molecule has 142 valence electrons. The quantitative estimate of drug-likeness (QED) is 0.466. The van der Waals surface area contributed by atoms with Crippen LogP contribution < -0.4 is 21.3 Å². The lowest BCUT2D eigenvalue weighted by Gasteiger charge is -2.09. The van der Waals surface area contributed by atoms with Crippen LogP contribution in [0.15, 0.2) is 66.9 Å². The Morgan fingerprint density at radius 1 is 1.00 bits per heavy atom. The highest BCUT2D eigenvalue weighted by atomic mass is 19.1. The summed E-state index contributed by atoms with van der Waals surface area (Å²) in [6.45, 7) is 0. The molecule has 0 fully saturated rings. The van der Waals surface area contributed by atoms with Crippen molar-refractivity contribution in [3.63, 3.8) is 0 Å². The summed E-state index contributed by atoms with van der Waals surface area (Å²) < 4.78 is 18.8. The number of hydrazine groups is 1. The molecule has 0 saturated carbocycles. The number of nitrogen functional groups attached to an aromatic ring is 1. The Morgan fingerprint density at radius 2 is 1.79 bits per heavy atom. The number of nitrogens with two attached hydrogens (primary N) is 1. The van der Waals surface area contributed by atoms with Gasteiger partial charge in [-0.3, -0.25) is 25.4 Å². The predicted molar refractivity (Wildman–Crippen MR) is 101 cm³/mol. The standard InChI is InChI=1S/C20H17FN4O3/c21-14-3-1-2-13(10-14)11-19(26)24-25-20(27)18-12-17(8-9-23-18)28-16-6-4-15(22)5-7-16/h1-10,12H,11,22H2,(H,24,26)(H,25,27). The van der Waals surface area contributed by atoms with Gasteiger partial charge in [0.05, 0.1) is 6.42 Å². The molecule has 1 aromatic heterocycles. The number of carbonyl (C=O) groups excluding carboxylic acids is 2. The molecule has 8 heteroatoms. The van der Waals surface area contributed by atoms with Crippen LogP contribution >= 0.6 is 0 Å². The van der Waals surface area contributed by atoms with Gasteiger partial charge in [-0.25, -0.2) is 4.39 Å². The van der Waals surface area contributed by atoms with Crippen LogP contribution in [0.2, 0.25) is 0 Å². The van der Waals surface area contributed by atoms with Gasteiger partial charge in [-0.2, -0.15) is 0 Å². The van der Waals surface area contributed by atoms with Gasteiger partial charge in [0.1, 0.15) is 23.0 Å². The largest absolute Gasteiger partial charge is 0.457 e. The molecule has 0 aliphatic rings. The highest BCUT2D eigenvalue weighted by Gasteiger charge is 2.11. The van der Waals surface area contributed by atoms with Crippen molar-refractivity contribution in [3.8, 4) is 11.5 Å². The average Bonchev–Trinajstić information content (AvgIpc) is 2.68. The van der Waals surface area contributed by atoms with E-state index in [2.05, 4.69) is 15.8 Å². The van der Waals surface area contributed by atoms with Crippen LogP contribution in [-0.2, 0) is 11.2 Å². The number of hydrogen-bond donors (Lipinski definition) is 3. The number of hydrogen-bond acceptors (Lipinski definition) is 5. The van der Waals surface area contributed by atoms with E-state index in [4.69, 9.17) is 10.5 Å². The number of nitrogens with zero attached hydrogens (tertiary/aromatic N) is 1. The number of pyridine rings is 1. The highest BCUT2D eigenvalue weighted by Crippen LogP contribution is 2.22. The van der Waals surface area contributed by atoms with Crippen LogP contribution in [-0.4, -0.2) is 16.8 Å². The van der Waals surface area contributed by atoms with E-state index in [1.807, 2.05) is 0 Å². The van der Waals surface area contributed by atoms with E-state index in [-0.39, 0.29) is 12.1 Å². The number of halogens is 1. The molecule has 3 rings (SSSR count). The van der Waals surface area contributed by atoms with Gasteiger partial charge in [0.25, 0.3) is 5.91 Å². The van der Waals surface area contributed by atoms with Gasteiger partial charge < -0.3 is 10.5 Å². The Bertz CT molecular complexity index is 993. The molecule has 7 nitrogen and oxygen atoms in total. The first-order valence-corrected chi connectivity index (χ1v) is 8.33. The molecule has 4 N–H and O–H groups in total. The maximum atomic E-state index is 13.1. The molecular formula is C20H17FN4O3. The SMILES string of the molecule is Nc1ccc(Oc2ccnc(C(=O)NNC(=O)Cc3cccc(F)c3)c2)cc1. The maximum absolute atomic E-state index is 13.1. The Kier molecular flexibility index (Phi) is 5.81. The van der Waals surface area contributed by atoms with E-state index in [0.717, 1.165) is 0 Å². The minimum atomic E-state index is -0.615. The highest BCUT2D eigenvalue weighted by molar-refractivity contribution is 5.94. The summed E-state index contributed by atoms with van der Waals surface area (Å²) in [6, 6.07) is 15.5. The number of benzene rings is 2. The zero-order valence-corrected chi connectivity index (χ0v) is 14.7. The number of rotatable bonds is 5. The fourth-order valence-electron chi connectivity index (χ4n) is 2.34. The van der Waals surface area contributed by atoms with E-state index in [1.54, 1.807) is 36.4 Å². The lowest BCUT2D eigenvalue weighted by atomic mass is 10.1. The Hall–Kier alpha value is -3.94. The molecule has 28 heavy (non-hydrogen) atoms. The minimum Gasteiger partial charge on any atom is -0.457 e. The number of anilines is 1. The zero-order valence-electron chi connectivity index (χ0n) is 14.7. The van der Waals surface area contributed by atoms with E-state index in [9.17, 15) is 14.0 Å². The van der Waals surface area contributed by atoms with Gasteiger partial charge >= 0.3 is 0 Å². The number of ether oxygens (including phenoxy) is 1. The van der Waals surface area contributed by atoms with Crippen LogP contribution in [0.5, 0.6) is 11.5 Å². The summed E-state index contributed by atoms with van der Waals surface area (Å²) in [7, 11) is 0. The van der Waals surface area contributed by atoms with Gasteiger partial charge in [0, 0.05) is 18.0 Å². The molecule has 0 spiro atoms. The second-order valence-corrected chi connectivity index (χ2v) is 5.86. The first kappa shape index (κ1) is 18.8. The molecule has 1 heterocycles. The number of amides is 2. The Morgan fingerprint density at radius 3 is 2.54 bits per heavy atom. The topological polar surface area (TPSA) is 106 Å². The third kappa shape index (κ3) is 5.28. The second kappa shape index (κ2) is 8.63. The van der Waals surface area contributed by atoms with Crippen LogP contribution in [0.25, 0.3) is 0 Å². The molecule has 0 saturated heterocycles. The van der Waals surface area contributed by atoms with Crippen molar-refractivity contribution in [2.45, 2.75) is 6.42 Å². The summed E-state index contributed by atoms with van der Waals surface area (Å²) in [5.74, 6) is -0.591. The van der Waals surface area contributed by atoms with Gasteiger partial charge in [-0.15, -0.1) is 0 Å². The molecule has 3 aromatic rings. The van der Waals surface area contributed by atoms with Crippen molar-refractivity contribution >= 4 is 17.5 Å². The van der Waals surface area contributed by atoms with Crippen molar-refractivity contribution in [3.05, 3.63) is 83.9 Å². The smallest absolute Gasteiger partial charge is 0.288 e. The molecule has 0 radical (unpaired) electrons. The van der Waals surface area contributed by atoms with Crippen LogP contribution in [0, 0.1) is 5.82 Å². The van der Waals surface area contributed by atoms with Crippen LogP contribution in [0.3, 0.4) is 0 Å². The summed E-state index contributed by atoms with van der Waals surface area (Å²) in [4.78, 5) is 28.0. The van der Waals surface area contributed by atoms with Gasteiger partial charge in [0.15, 0.2) is 0 Å². The van der Waals surface area contributed by atoms with Crippen molar-refractivity contribution in [2.75, 3.05) is 5.73 Å². The van der Waals surface area contributed by atoms with E-state index < -0.39 is 17.6 Å². The van der Waals surface area contributed by atoms with E-state index >= 15 is 0 Å². The number of aromatic nitrogens is 1. The lowest BCUT2D eigenvalue weighted by Crippen LogP contribution is -2.42. The molecule has 0 aliphatic heterocycles. The zero-order chi connectivity index (χ0) is 19.9. The minimum absolute atomic E-state index is 0.0546. The first-order valence-electron chi connectivity index (χ1n) is 8.33. The molecule has 2 aromatic carbocycles. The number of nitrogens with one attached hydrogen (secondary N) is 2. The summed E-state index contributed by atoms with van der Waals surface area (Å²) in [5, 5.41) is 0. The molecule has 0 atom stereocenters. The molecule has 2 amide bonds. The lowest BCUT2D eigenvalue weighted by molar-refractivity contribution is -0.121. The monoisotopic (exact) mass is 380 g/mol. The number of carbonyl (C=O) groups is 2.